The molecule has 0 aliphatic rings. The van der Waals surface area contributed by atoms with Gasteiger partial charge in [-0.3, -0.25) is 0 Å². The number of methoxy groups -OCH3 is 1. The highest BCUT2D eigenvalue weighted by Gasteiger charge is 2.19. The van der Waals surface area contributed by atoms with Gasteiger partial charge in [0, 0.05) is 10.6 Å². The molecule has 0 radical (unpaired) electrons. The van der Waals surface area contributed by atoms with E-state index in [1.807, 2.05) is 20.0 Å². The number of hydrogen-bond acceptors (Lipinski definition) is 2. The molecule has 2 nitrogen and oxygen atoms in total. The molecule has 0 aromatic heterocycles. The largest absolute Gasteiger partial charge is 0.496 e. The van der Waals surface area contributed by atoms with Crippen LogP contribution in [0.15, 0.2) is 30.3 Å². The summed E-state index contributed by atoms with van der Waals surface area (Å²) in [7, 11) is 3.67. The summed E-state index contributed by atoms with van der Waals surface area (Å²) in [6.07, 6.45) is 0. The van der Waals surface area contributed by atoms with Crippen LogP contribution < -0.4 is 10.1 Å². The Morgan fingerprint density at radius 1 is 1.05 bits per heavy atom. The zero-order chi connectivity index (χ0) is 15.6. The third-order valence-corrected chi connectivity index (χ3v) is 4.45. The quantitative estimate of drug-likeness (QED) is 0.892. The van der Waals surface area contributed by atoms with Gasteiger partial charge in [0.25, 0.3) is 0 Å². The summed E-state index contributed by atoms with van der Waals surface area (Å²) in [4.78, 5) is 0. The van der Waals surface area contributed by atoms with Gasteiger partial charge >= 0.3 is 0 Å². The molecule has 0 spiro atoms. The van der Waals surface area contributed by atoms with Gasteiger partial charge in [0.05, 0.1) is 13.2 Å². The SMILES string of the molecule is CNC(c1ccc(C)c(Cl)c1)c1ccc(C)c(C)c1OC. The lowest BCUT2D eigenvalue weighted by Crippen LogP contribution is -2.19. The van der Waals surface area contributed by atoms with Crippen LogP contribution in [-0.4, -0.2) is 14.2 Å². The van der Waals surface area contributed by atoms with Crippen molar-refractivity contribution in [1.29, 1.82) is 0 Å². The summed E-state index contributed by atoms with van der Waals surface area (Å²) in [5, 5.41) is 4.15. The minimum atomic E-state index is 0.0531. The lowest BCUT2D eigenvalue weighted by atomic mass is 9.94. The third-order valence-electron chi connectivity index (χ3n) is 4.04. The first kappa shape index (κ1) is 15.9. The second kappa shape index (κ2) is 6.50. The molecular formula is C18H22ClNO. The Kier molecular flexibility index (Phi) is 4.92. The number of halogens is 1. The molecule has 1 unspecified atom stereocenters. The van der Waals surface area contributed by atoms with Gasteiger partial charge in [0.15, 0.2) is 0 Å². The van der Waals surface area contributed by atoms with Crippen LogP contribution in [0.2, 0.25) is 5.02 Å². The number of ether oxygens (including phenoxy) is 1. The lowest BCUT2D eigenvalue weighted by molar-refractivity contribution is 0.402. The molecule has 0 aliphatic heterocycles. The number of hydrogen-bond donors (Lipinski definition) is 1. The van der Waals surface area contributed by atoms with Gasteiger partial charge in [-0.1, -0.05) is 35.9 Å². The maximum atomic E-state index is 6.27. The van der Waals surface area contributed by atoms with E-state index in [0.29, 0.717) is 0 Å². The van der Waals surface area contributed by atoms with E-state index < -0.39 is 0 Å². The Balaban J connectivity index is 2.56. The summed E-state index contributed by atoms with van der Waals surface area (Å²) in [5.74, 6) is 0.936. The molecule has 112 valence electrons. The molecule has 2 rings (SSSR count). The van der Waals surface area contributed by atoms with Crippen molar-refractivity contribution in [2.24, 2.45) is 0 Å². The number of aryl methyl sites for hydroxylation is 2. The van der Waals surface area contributed by atoms with E-state index in [9.17, 15) is 0 Å². The van der Waals surface area contributed by atoms with E-state index in [2.05, 4.69) is 43.4 Å². The van der Waals surface area contributed by atoms with Crippen LogP contribution in [-0.2, 0) is 0 Å². The average molecular weight is 304 g/mol. The van der Waals surface area contributed by atoms with Crippen molar-refractivity contribution in [3.63, 3.8) is 0 Å². The van der Waals surface area contributed by atoms with Gasteiger partial charge in [0.1, 0.15) is 5.75 Å². The van der Waals surface area contributed by atoms with Gasteiger partial charge in [-0.25, -0.2) is 0 Å². The van der Waals surface area contributed by atoms with Crippen molar-refractivity contribution < 1.29 is 4.74 Å². The first-order valence-electron chi connectivity index (χ1n) is 7.07. The molecule has 0 saturated carbocycles. The van der Waals surface area contributed by atoms with Crippen molar-refractivity contribution in [2.45, 2.75) is 26.8 Å². The maximum Gasteiger partial charge on any atom is 0.127 e. The monoisotopic (exact) mass is 303 g/mol. The van der Waals surface area contributed by atoms with Crippen molar-refractivity contribution in [1.82, 2.24) is 5.32 Å². The van der Waals surface area contributed by atoms with Crippen molar-refractivity contribution in [3.05, 3.63) is 63.2 Å². The molecule has 1 atom stereocenters. The smallest absolute Gasteiger partial charge is 0.127 e. The summed E-state index contributed by atoms with van der Waals surface area (Å²) in [5.41, 5.74) is 5.75. The van der Waals surface area contributed by atoms with E-state index >= 15 is 0 Å². The fourth-order valence-corrected chi connectivity index (χ4v) is 2.79. The van der Waals surface area contributed by atoms with Crippen molar-refractivity contribution in [3.8, 4) is 5.75 Å². The zero-order valence-electron chi connectivity index (χ0n) is 13.3. The van der Waals surface area contributed by atoms with Crippen LogP contribution >= 0.6 is 11.6 Å². The maximum absolute atomic E-state index is 6.27. The van der Waals surface area contributed by atoms with Crippen LogP contribution in [0.25, 0.3) is 0 Å². The molecule has 1 N–H and O–H groups in total. The Labute approximate surface area is 132 Å². The second-order valence-corrected chi connectivity index (χ2v) is 5.77. The predicted octanol–water partition coefficient (Wildman–Crippen LogP) is 4.58. The van der Waals surface area contributed by atoms with E-state index in [0.717, 1.165) is 27.5 Å². The molecule has 0 bridgehead atoms. The first-order chi connectivity index (χ1) is 9.99. The van der Waals surface area contributed by atoms with Crippen LogP contribution in [0.5, 0.6) is 5.75 Å². The minimum absolute atomic E-state index is 0.0531. The predicted molar refractivity (Wildman–Crippen MR) is 89.6 cm³/mol. The van der Waals surface area contributed by atoms with Crippen molar-refractivity contribution in [2.75, 3.05) is 14.2 Å². The Morgan fingerprint density at radius 3 is 2.29 bits per heavy atom. The van der Waals surface area contributed by atoms with Crippen LogP contribution in [0.3, 0.4) is 0 Å². The molecule has 0 aliphatic carbocycles. The van der Waals surface area contributed by atoms with Crippen LogP contribution in [0.4, 0.5) is 0 Å². The molecule has 21 heavy (non-hydrogen) atoms. The van der Waals surface area contributed by atoms with Crippen molar-refractivity contribution >= 4 is 11.6 Å². The van der Waals surface area contributed by atoms with Gasteiger partial charge in [0.2, 0.25) is 0 Å². The topological polar surface area (TPSA) is 21.3 Å². The van der Waals surface area contributed by atoms with E-state index in [1.54, 1.807) is 7.11 Å². The van der Waals surface area contributed by atoms with Gasteiger partial charge in [-0.05, 0) is 56.1 Å². The fourth-order valence-electron chi connectivity index (χ4n) is 2.60. The molecule has 0 saturated heterocycles. The Hall–Kier alpha value is -1.51. The molecular weight excluding hydrogens is 282 g/mol. The summed E-state index contributed by atoms with van der Waals surface area (Å²) in [6, 6.07) is 10.5. The van der Waals surface area contributed by atoms with Crippen LogP contribution in [0.1, 0.15) is 33.9 Å². The van der Waals surface area contributed by atoms with E-state index in [1.165, 1.54) is 11.1 Å². The molecule has 2 aromatic rings. The standard InChI is InChI=1S/C18H22ClNO/c1-11-7-9-15(18(21-5)13(11)3)17(20-4)14-8-6-12(2)16(19)10-14/h6-10,17,20H,1-5H3. The number of rotatable bonds is 4. The molecule has 0 fully saturated rings. The second-order valence-electron chi connectivity index (χ2n) is 5.36. The Bertz CT molecular complexity index is 652. The summed E-state index contributed by atoms with van der Waals surface area (Å²) >= 11 is 6.27. The first-order valence-corrected chi connectivity index (χ1v) is 7.44. The Morgan fingerprint density at radius 2 is 1.71 bits per heavy atom. The lowest BCUT2D eigenvalue weighted by Gasteiger charge is -2.22. The van der Waals surface area contributed by atoms with Gasteiger partial charge < -0.3 is 10.1 Å². The zero-order valence-corrected chi connectivity index (χ0v) is 14.0. The van der Waals surface area contributed by atoms with Crippen LogP contribution in [0, 0.1) is 20.8 Å². The molecule has 2 aromatic carbocycles. The minimum Gasteiger partial charge on any atom is -0.496 e. The highest BCUT2D eigenvalue weighted by molar-refractivity contribution is 6.31. The number of benzene rings is 2. The summed E-state index contributed by atoms with van der Waals surface area (Å²) in [6.45, 7) is 6.20. The van der Waals surface area contributed by atoms with Gasteiger partial charge in [-0.15, -0.1) is 0 Å². The van der Waals surface area contributed by atoms with Gasteiger partial charge in [-0.2, -0.15) is 0 Å². The molecule has 3 heteroatoms. The highest BCUT2D eigenvalue weighted by Crippen LogP contribution is 2.35. The summed E-state index contributed by atoms with van der Waals surface area (Å²) < 4.78 is 5.64. The average Bonchev–Trinajstić information content (AvgIpc) is 2.47. The van der Waals surface area contributed by atoms with E-state index in [4.69, 9.17) is 16.3 Å². The highest BCUT2D eigenvalue weighted by atomic mass is 35.5. The normalized spacial score (nSPS) is 12.3. The third kappa shape index (κ3) is 3.07. The fraction of sp³-hybridized carbons (Fsp3) is 0.333. The molecule has 0 amide bonds. The van der Waals surface area contributed by atoms with E-state index in [-0.39, 0.29) is 6.04 Å². The number of nitrogens with one attached hydrogen (secondary N) is 1. The molecule has 0 heterocycles.